The van der Waals surface area contributed by atoms with Gasteiger partial charge in [0.05, 0.1) is 13.4 Å². The van der Waals surface area contributed by atoms with E-state index in [2.05, 4.69) is 4.74 Å². The maximum absolute atomic E-state index is 6.41. The number of allylic oxidation sites excluding steroid dienone is 1. The zero-order valence-corrected chi connectivity index (χ0v) is 3.64. The number of hydrogen-bond acceptors (Lipinski definition) is 2. The van der Waals surface area contributed by atoms with Crippen molar-refractivity contribution in [1.29, 1.82) is 5.41 Å². The maximum atomic E-state index is 6.41. The van der Waals surface area contributed by atoms with E-state index in [1.807, 2.05) is 0 Å². The lowest BCUT2D eigenvalue weighted by molar-refractivity contribution is 0.338. The summed E-state index contributed by atoms with van der Waals surface area (Å²) in [5.74, 6) is 0. The molecule has 0 saturated carbocycles. The summed E-state index contributed by atoms with van der Waals surface area (Å²) in [7, 11) is 1.54. The zero-order valence-electron chi connectivity index (χ0n) is 3.64. The van der Waals surface area contributed by atoms with Crippen molar-refractivity contribution in [2.24, 2.45) is 0 Å². The Morgan fingerprint density at radius 2 is 2.33 bits per heavy atom. The van der Waals surface area contributed by atoms with E-state index in [1.165, 1.54) is 12.3 Å². The summed E-state index contributed by atoms with van der Waals surface area (Å²) in [5.41, 5.74) is 0. The molecule has 0 bridgehead atoms. The van der Waals surface area contributed by atoms with Crippen LogP contribution in [0.5, 0.6) is 0 Å². The summed E-state index contributed by atoms with van der Waals surface area (Å²) in [4.78, 5) is 0. The minimum atomic E-state index is 1.16. The molecule has 0 spiro atoms. The van der Waals surface area contributed by atoms with Gasteiger partial charge in [0.25, 0.3) is 0 Å². The normalized spacial score (nSPS) is 8.83. The van der Waals surface area contributed by atoms with Gasteiger partial charge in [0, 0.05) is 6.21 Å². The molecule has 34 valence electrons. The van der Waals surface area contributed by atoms with E-state index >= 15 is 0 Å². The first-order valence-electron chi connectivity index (χ1n) is 1.60. The Morgan fingerprint density at radius 1 is 1.67 bits per heavy atom. The number of hydrogen-bond donors (Lipinski definition) is 1. The van der Waals surface area contributed by atoms with Crippen LogP contribution in [0.2, 0.25) is 0 Å². The molecule has 0 saturated heterocycles. The Hall–Kier alpha value is -0.790. The molecule has 0 radical (unpaired) electrons. The summed E-state index contributed by atoms with van der Waals surface area (Å²) in [6, 6.07) is 0. The van der Waals surface area contributed by atoms with Gasteiger partial charge in [-0.15, -0.1) is 0 Å². The van der Waals surface area contributed by atoms with Gasteiger partial charge in [0.1, 0.15) is 0 Å². The minimum Gasteiger partial charge on any atom is -0.504 e. The highest BCUT2D eigenvalue weighted by Gasteiger charge is 1.53. The second-order valence-corrected chi connectivity index (χ2v) is 0.731. The Balaban J connectivity index is 2.94. The van der Waals surface area contributed by atoms with Crippen LogP contribution < -0.4 is 0 Å². The highest BCUT2D eigenvalue weighted by molar-refractivity contribution is 5.66. The van der Waals surface area contributed by atoms with Gasteiger partial charge in [0.15, 0.2) is 0 Å². The van der Waals surface area contributed by atoms with Crippen molar-refractivity contribution in [3.63, 3.8) is 0 Å². The summed E-state index contributed by atoms with van der Waals surface area (Å²) in [6.45, 7) is 0. The monoisotopic (exact) mass is 85.1 g/mol. The quantitative estimate of drug-likeness (QED) is 0.390. The molecule has 1 N–H and O–H groups in total. The molecule has 0 rings (SSSR count). The van der Waals surface area contributed by atoms with Gasteiger partial charge in [-0.1, -0.05) is 0 Å². The number of methoxy groups -OCH3 is 1. The predicted molar refractivity (Wildman–Crippen MR) is 24.9 cm³/mol. The highest BCUT2D eigenvalue weighted by Crippen LogP contribution is 1.63. The number of rotatable bonds is 2. The van der Waals surface area contributed by atoms with Crippen LogP contribution in [0.4, 0.5) is 0 Å². The Morgan fingerprint density at radius 3 is 2.50 bits per heavy atom. The molecule has 0 atom stereocenters. The van der Waals surface area contributed by atoms with Crippen molar-refractivity contribution in [2.45, 2.75) is 0 Å². The fourth-order valence-corrected chi connectivity index (χ4v) is 0.118. The van der Waals surface area contributed by atoms with Crippen molar-refractivity contribution < 1.29 is 4.74 Å². The highest BCUT2D eigenvalue weighted by atomic mass is 16.5. The first kappa shape index (κ1) is 5.21. The van der Waals surface area contributed by atoms with Crippen LogP contribution in [0.1, 0.15) is 0 Å². The van der Waals surface area contributed by atoms with E-state index in [9.17, 15) is 0 Å². The van der Waals surface area contributed by atoms with E-state index in [-0.39, 0.29) is 0 Å². The molecule has 0 aliphatic heterocycles. The molecule has 0 aromatic carbocycles. The van der Waals surface area contributed by atoms with Crippen molar-refractivity contribution in [1.82, 2.24) is 0 Å². The lowest BCUT2D eigenvalue weighted by atomic mass is 10.7. The van der Waals surface area contributed by atoms with E-state index < -0.39 is 0 Å². The van der Waals surface area contributed by atoms with E-state index in [1.54, 1.807) is 7.11 Å². The fraction of sp³-hybridized carbons (Fsp3) is 0.250. The predicted octanol–water partition coefficient (Wildman–Crippen LogP) is 0.796. The van der Waals surface area contributed by atoms with Gasteiger partial charge in [-0.3, -0.25) is 0 Å². The third-order valence-corrected chi connectivity index (χ3v) is 0.311. The SMILES string of the molecule is CO/C=C/C=N. The first-order valence-corrected chi connectivity index (χ1v) is 1.60. The second kappa shape index (κ2) is 4.21. The lowest BCUT2D eigenvalue weighted by Crippen LogP contribution is -1.62. The molecule has 2 nitrogen and oxygen atoms in total. The van der Waals surface area contributed by atoms with E-state index in [4.69, 9.17) is 5.41 Å². The Kier molecular flexibility index (Phi) is 3.66. The number of nitrogens with one attached hydrogen (secondary N) is 1. The number of ether oxygens (including phenoxy) is 1. The molecule has 0 aliphatic carbocycles. The summed E-state index contributed by atoms with van der Waals surface area (Å²) in [5, 5.41) is 6.41. The lowest BCUT2D eigenvalue weighted by Gasteiger charge is -1.77. The smallest absolute Gasteiger partial charge is 0.0839 e. The van der Waals surface area contributed by atoms with Crippen LogP contribution in [0.3, 0.4) is 0 Å². The standard InChI is InChI=1S/C4H7NO/c1-6-4-2-3-5/h2-5H,1H3/b4-2+,5-3?. The van der Waals surface area contributed by atoms with Crippen LogP contribution in [-0.4, -0.2) is 13.3 Å². The molecule has 6 heavy (non-hydrogen) atoms. The molecule has 0 amide bonds. The largest absolute Gasteiger partial charge is 0.504 e. The molecule has 2 heteroatoms. The topological polar surface area (TPSA) is 33.1 Å². The minimum absolute atomic E-state index is 1.16. The third-order valence-electron chi connectivity index (χ3n) is 0.311. The van der Waals surface area contributed by atoms with Crippen molar-refractivity contribution >= 4 is 6.21 Å². The molecular weight excluding hydrogens is 78.0 g/mol. The zero-order chi connectivity index (χ0) is 4.83. The molecule has 0 unspecified atom stereocenters. The van der Waals surface area contributed by atoms with Gasteiger partial charge in [-0.05, 0) is 6.08 Å². The summed E-state index contributed by atoms with van der Waals surface area (Å²) >= 11 is 0. The van der Waals surface area contributed by atoms with Crippen LogP contribution in [0.15, 0.2) is 12.3 Å². The van der Waals surface area contributed by atoms with Crippen LogP contribution in [0, 0.1) is 5.41 Å². The molecule has 0 heterocycles. The molecular formula is C4H7NO. The fourth-order valence-electron chi connectivity index (χ4n) is 0.118. The second-order valence-electron chi connectivity index (χ2n) is 0.731. The molecule has 0 aromatic rings. The van der Waals surface area contributed by atoms with Gasteiger partial charge in [0.2, 0.25) is 0 Å². The third kappa shape index (κ3) is 3.21. The molecule has 0 fully saturated rings. The van der Waals surface area contributed by atoms with Crippen molar-refractivity contribution in [3.05, 3.63) is 12.3 Å². The maximum Gasteiger partial charge on any atom is 0.0839 e. The Bertz CT molecular complexity index is 58.6. The first-order chi connectivity index (χ1) is 2.91. The summed E-state index contributed by atoms with van der Waals surface area (Å²) < 4.78 is 4.45. The van der Waals surface area contributed by atoms with Crippen molar-refractivity contribution in [2.75, 3.05) is 7.11 Å². The van der Waals surface area contributed by atoms with E-state index in [0.717, 1.165) is 6.21 Å². The summed E-state index contributed by atoms with van der Waals surface area (Å²) in [6.07, 6.45) is 4.09. The van der Waals surface area contributed by atoms with Gasteiger partial charge in [-0.2, -0.15) is 0 Å². The van der Waals surface area contributed by atoms with Crippen LogP contribution in [-0.2, 0) is 4.74 Å². The van der Waals surface area contributed by atoms with Crippen molar-refractivity contribution in [3.8, 4) is 0 Å². The molecule has 0 aromatic heterocycles. The van der Waals surface area contributed by atoms with Gasteiger partial charge < -0.3 is 10.1 Å². The van der Waals surface area contributed by atoms with Crippen LogP contribution >= 0.6 is 0 Å². The average molecular weight is 85.1 g/mol. The average Bonchev–Trinajstić information content (AvgIpc) is 1.61. The van der Waals surface area contributed by atoms with Gasteiger partial charge in [-0.25, -0.2) is 0 Å². The Labute approximate surface area is 36.9 Å². The van der Waals surface area contributed by atoms with Gasteiger partial charge >= 0.3 is 0 Å². The van der Waals surface area contributed by atoms with Crippen LogP contribution in [0.25, 0.3) is 0 Å². The molecule has 0 aliphatic rings. The van der Waals surface area contributed by atoms with E-state index in [0.29, 0.717) is 0 Å².